The number of benzene rings is 6. The zero-order valence-corrected chi connectivity index (χ0v) is 33.8. The molecule has 0 N–H and O–H groups in total. The minimum absolute atomic E-state index is 1.25. The number of rotatable bonds is 16. The molecule has 0 aliphatic carbocycles. The highest BCUT2D eigenvalue weighted by Crippen LogP contribution is 2.57. The second kappa shape index (κ2) is 23.3. The molecule has 5 heteroatoms. The summed E-state index contributed by atoms with van der Waals surface area (Å²) in [6, 6.07) is 67.2. The summed E-state index contributed by atoms with van der Waals surface area (Å²) in [4.78, 5) is 8.33. The van der Waals surface area contributed by atoms with Gasteiger partial charge in [0.1, 0.15) is 46.4 Å². The molecule has 0 aromatic heterocycles. The van der Waals surface area contributed by atoms with E-state index in [2.05, 4.69) is 196 Å². The Morgan fingerprint density at radius 1 is 0.352 bits per heavy atom. The fourth-order valence-corrected chi connectivity index (χ4v) is 16.1. The van der Waals surface area contributed by atoms with Crippen LogP contribution in [0.25, 0.3) is 0 Å². The number of carbonyl (C=O) groups excluding carboxylic acids is 1. The van der Waals surface area contributed by atoms with Gasteiger partial charge in [0.2, 0.25) is 0 Å². The summed E-state index contributed by atoms with van der Waals surface area (Å²) in [7, 11) is -3.19. The summed E-state index contributed by atoms with van der Waals surface area (Å²) in [6.45, 7) is 4.57. The summed E-state index contributed by atoms with van der Waals surface area (Å²) in [5, 5.41) is 25.7. The van der Waals surface area contributed by atoms with E-state index in [1.165, 1.54) is 95.5 Å². The smallest absolute Gasteiger partial charge is 0.112 e. The van der Waals surface area contributed by atoms with Crippen molar-refractivity contribution in [2.24, 2.45) is 0 Å². The molecule has 280 valence electrons. The van der Waals surface area contributed by atoms with E-state index in [-0.39, 0.29) is 0 Å². The van der Waals surface area contributed by atoms with E-state index in [1.807, 2.05) is 0 Å². The monoisotopic (exact) mass is 754 g/mol. The lowest BCUT2D eigenvalue weighted by molar-refractivity contribution is -0.415. The zero-order chi connectivity index (χ0) is 38.3. The maximum Gasteiger partial charge on any atom is 0.112 e. The molecule has 0 amide bonds. The Kier molecular flexibility index (Phi) is 18.2. The van der Waals surface area contributed by atoms with Crippen molar-refractivity contribution in [3.05, 3.63) is 182 Å². The predicted molar refractivity (Wildman–Crippen MR) is 234 cm³/mol. The van der Waals surface area contributed by atoms with Gasteiger partial charge >= 0.3 is 0 Å². The fraction of sp³-hybridized carbons (Fsp3) is 0.245. The quantitative estimate of drug-likeness (QED) is 0.0735. The Labute approximate surface area is 325 Å². The Bertz CT molecular complexity index is 1520. The topological polar surface area (TPSA) is 63.2 Å². The van der Waals surface area contributed by atoms with Crippen LogP contribution in [-0.2, 0) is 0 Å². The lowest BCUT2D eigenvalue weighted by Crippen LogP contribution is -2.37. The van der Waals surface area contributed by atoms with Crippen LogP contribution in [-0.4, -0.2) is 18.5 Å². The van der Waals surface area contributed by atoms with Crippen LogP contribution in [0.3, 0.4) is 0 Å². The minimum Gasteiger partial charge on any atom is -0.652 e. The molecule has 0 radical (unpaired) electrons. The molecule has 0 saturated heterocycles. The van der Waals surface area contributed by atoms with Gasteiger partial charge in [0.25, 0.3) is 0 Å². The van der Waals surface area contributed by atoms with Gasteiger partial charge in [-0.25, -0.2) is 0 Å². The summed E-state index contributed by atoms with van der Waals surface area (Å²) < 4.78 is 0. The largest absolute Gasteiger partial charge is 0.652 e. The summed E-state index contributed by atoms with van der Waals surface area (Å²) in [6.07, 6.45) is 10.6. The molecule has 6 aromatic rings. The molecule has 0 atom stereocenters. The Morgan fingerprint density at radius 3 is 0.704 bits per heavy atom. The maximum absolute atomic E-state index is 8.33. The Hall–Kier alpha value is -4.55. The van der Waals surface area contributed by atoms with Gasteiger partial charge in [0, 0.05) is 0 Å². The van der Waals surface area contributed by atoms with Gasteiger partial charge in [0.05, 0.1) is 12.3 Å². The molecule has 3 nitrogen and oxygen atoms in total. The van der Waals surface area contributed by atoms with Gasteiger partial charge in [0.15, 0.2) is 0 Å². The second-order valence-corrected chi connectivity index (χ2v) is 20.7. The third-order valence-corrected chi connectivity index (χ3v) is 18.9. The summed E-state index contributed by atoms with van der Waals surface area (Å²) in [5.74, 6) is 0. The highest BCUT2D eigenvalue weighted by atomic mass is 31.2. The van der Waals surface area contributed by atoms with Crippen molar-refractivity contribution in [3.63, 3.8) is 0 Å². The third kappa shape index (κ3) is 11.7. The van der Waals surface area contributed by atoms with Crippen molar-refractivity contribution >= 4 is 52.5 Å². The van der Waals surface area contributed by atoms with Gasteiger partial charge in [-0.15, -0.1) is 0 Å². The SMILES string of the molecule is CCCCCC[P+](c1ccccc1)(c1ccccc1)c1ccccc1.CCCCCC[P+](c1ccccc1)(c1ccccc1)c1ccccc1.O=C([O-])[O-]. The average molecular weight is 755 g/mol. The van der Waals surface area contributed by atoms with Crippen molar-refractivity contribution in [2.75, 3.05) is 12.3 Å². The standard InChI is InChI=1S/2C24H28P.CH2O3/c2*1-2-3-4-14-21-25(22-15-8-5-9-16-22,23-17-10-6-11-18-23)24-19-12-7-13-20-24;2-1(3)4/h2*5-13,15-20H,2-4,14,21H2,1H3;(H2,2,3,4)/q2*+1;/p-2. The molecule has 0 heterocycles. The molecule has 0 aliphatic rings. The van der Waals surface area contributed by atoms with Gasteiger partial charge in [-0.3, -0.25) is 0 Å². The van der Waals surface area contributed by atoms with Crippen molar-refractivity contribution in [1.82, 2.24) is 0 Å². The van der Waals surface area contributed by atoms with E-state index < -0.39 is 20.7 Å². The number of carbonyl (C=O) groups is 1. The summed E-state index contributed by atoms with van der Waals surface area (Å²) >= 11 is 0. The Balaban J connectivity index is 0.000000219. The summed E-state index contributed by atoms with van der Waals surface area (Å²) in [5.41, 5.74) is 0. The molecule has 54 heavy (non-hydrogen) atoms. The van der Waals surface area contributed by atoms with Gasteiger partial charge in [-0.05, 0) is 105 Å². The lowest BCUT2D eigenvalue weighted by atomic mass is 10.2. The van der Waals surface area contributed by atoms with Crippen LogP contribution < -0.4 is 42.0 Å². The molecule has 0 saturated carbocycles. The van der Waals surface area contributed by atoms with Crippen LogP contribution in [0.15, 0.2) is 182 Å². The van der Waals surface area contributed by atoms with E-state index in [0.29, 0.717) is 0 Å². The number of hydrogen-bond acceptors (Lipinski definition) is 3. The van der Waals surface area contributed by atoms with Gasteiger partial charge in [-0.2, -0.15) is 0 Å². The highest BCUT2D eigenvalue weighted by Gasteiger charge is 2.45. The van der Waals surface area contributed by atoms with Crippen LogP contribution in [0, 0.1) is 0 Å². The maximum atomic E-state index is 8.33. The van der Waals surface area contributed by atoms with E-state index in [9.17, 15) is 0 Å². The molecule has 0 bridgehead atoms. The molecule has 6 aromatic carbocycles. The van der Waals surface area contributed by atoms with Crippen molar-refractivity contribution in [3.8, 4) is 0 Å². The zero-order valence-electron chi connectivity index (χ0n) is 32.0. The second-order valence-electron chi connectivity index (χ2n) is 13.5. The highest BCUT2D eigenvalue weighted by molar-refractivity contribution is 7.96. The van der Waals surface area contributed by atoms with E-state index in [0.717, 1.165) is 0 Å². The van der Waals surface area contributed by atoms with Crippen molar-refractivity contribution in [1.29, 1.82) is 0 Å². The predicted octanol–water partition coefficient (Wildman–Crippen LogP) is 8.67. The molecule has 0 unspecified atom stereocenters. The van der Waals surface area contributed by atoms with E-state index in [4.69, 9.17) is 15.0 Å². The number of hydrogen-bond donors (Lipinski definition) is 0. The first-order valence-electron chi connectivity index (χ1n) is 19.5. The molecule has 0 spiro atoms. The first kappa shape index (κ1) is 42.2. The minimum atomic E-state index is -2.33. The molecular formula is C49H56O3P2. The molecular weight excluding hydrogens is 698 g/mol. The van der Waals surface area contributed by atoms with Crippen LogP contribution in [0.2, 0.25) is 0 Å². The molecule has 6 rings (SSSR count). The Morgan fingerprint density at radius 2 is 0.537 bits per heavy atom. The first-order valence-corrected chi connectivity index (χ1v) is 23.4. The van der Waals surface area contributed by atoms with Gasteiger partial charge in [-0.1, -0.05) is 149 Å². The van der Waals surface area contributed by atoms with Crippen LogP contribution in [0.5, 0.6) is 0 Å². The van der Waals surface area contributed by atoms with Crippen LogP contribution in [0.1, 0.15) is 65.2 Å². The van der Waals surface area contributed by atoms with E-state index >= 15 is 0 Å². The van der Waals surface area contributed by atoms with Crippen molar-refractivity contribution < 1.29 is 15.0 Å². The molecule has 0 aliphatic heterocycles. The van der Waals surface area contributed by atoms with E-state index in [1.54, 1.807) is 0 Å². The molecule has 0 fully saturated rings. The lowest BCUT2D eigenvalue weighted by Gasteiger charge is -2.27. The van der Waals surface area contributed by atoms with Crippen LogP contribution >= 0.6 is 14.5 Å². The van der Waals surface area contributed by atoms with Crippen molar-refractivity contribution in [2.45, 2.75) is 65.2 Å². The number of carboxylic acid groups (broad SMARTS) is 2. The third-order valence-electron chi connectivity index (χ3n) is 9.88. The number of unbranched alkanes of at least 4 members (excludes halogenated alkanes) is 6. The first-order chi connectivity index (χ1) is 26.5. The van der Waals surface area contributed by atoms with Crippen LogP contribution in [0.4, 0.5) is 4.79 Å². The average Bonchev–Trinajstić information content (AvgIpc) is 3.23. The normalized spacial score (nSPS) is 11.0. The fourth-order valence-electron chi connectivity index (χ4n) is 7.32. The van der Waals surface area contributed by atoms with Gasteiger partial charge < -0.3 is 15.0 Å².